The van der Waals surface area contributed by atoms with E-state index in [0.29, 0.717) is 23.8 Å². The molecule has 2 rings (SSSR count). The fourth-order valence-electron chi connectivity index (χ4n) is 1.55. The van der Waals surface area contributed by atoms with Crippen LogP contribution in [0.25, 0.3) is 0 Å². The molecule has 0 aliphatic rings. The second-order valence-corrected chi connectivity index (χ2v) is 5.69. The quantitative estimate of drug-likeness (QED) is 0.761. The topological polar surface area (TPSA) is 67.1 Å². The predicted octanol–water partition coefficient (Wildman–Crippen LogP) is 3.03. The van der Waals surface area contributed by atoms with Crippen LogP contribution >= 0.6 is 22.9 Å². The Bertz CT molecular complexity index is 670. The molecule has 0 atom stereocenters. The molecule has 1 heterocycles. The van der Waals surface area contributed by atoms with Crippen molar-refractivity contribution >= 4 is 34.7 Å². The lowest BCUT2D eigenvalue weighted by Crippen LogP contribution is -2.27. The Labute approximate surface area is 132 Å². The van der Waals surface area contributed by atoms with Gasteiger partial charge in [0.1, 0.15) is 0 Å². The molecular weight excluding hydrogens is 306 g/mol. The summed E-state index contributed by atoms with van der Waals surface area (Å²) in [5, 5.41) is 6.15. The summed E-state index contributed by atoms with van der Waals surface area (Å²) in [4.78, 5) is 13.7. The minimum atomic E-state index is -0.264. The van der Waals surface area contributed by atoms with E-state index in [1.807, 2.05) is 12.1 Å². The van der Waals surface area contributed by atoms with Crippen LogP contribution < -0.4 is 16.4 Å². The normalized spacial score (nSPS) is 9.62. The first-order chi connectivity index (χ1) is 10.2. The molecular formula is C15H14ClN3OS. The van der Waals surface area contributed by atoms with Gasteiger partial charge in [-0.2, -0.15) is 0 Å². The third kappa shape index (κ3) is 5.12. The number of rotatable bonds is 3. The number of nitrogens with two attached hydrogens (primary N) is 1. The molecule has 4 nitrogen and oxygen atoms in total. The molecule has 0 saturated carbocycles. The van der Waals surface area contributed by atoms with Crippen molar-refractivity contribution in [3.8, 4) is 11.8 Å². The number of hydrogen-bond donors (Lipinski definition) is 3. The van der Waals surface area contributed by atoms with Crippen molar-refractivity contribution in [3.05, 3.63) is 51.2 Å². The Morgan fingerprint density at radius 1 is 1.24 bits per heavy atom. The number of anilines is 1. The second kappa shape index (κ2) is 7.70. The first-order valence-corrected chi connectivity index (χ1v) is 7.45. The standard InChI is InChI=1S/C15H14ClN3OS/c16-11-3-5-12(6-4-11)19-15(20)18-10-14-8-7-13(21-14)2-1-9-17/h3-8H,9-10,17H2,(H2,18,19,20). The molecule has 2 aromatic rings. The Morgan fingerprint density at radius 2 is 2.00 bits per heavy atom. The van der Waals surface area contributed by atoms with Crippen LogP contribution in [-0.2, 0) is 6.54 Å². The summed E-state index contributed by atoms with van der Waals surface area (Å²) in [7, 11) is 0. The highest BCUT2D eigenvalue weighted by Gasteiger charge is 2.03. The van der Waals surface area contributed by atoms with E-state index < -0.39 is 0 Å². The van der Waals surface area contributed by atoms with Gasteiger partial charge in [-0.3, -0.25) is 0 Å². The zero-order valence-electron chi connectivity index (χ0n) is 11.2. The number of nitrogens with one attached hydrogen (secondary N) is 2. The van der Waals surface area contributed by atoms with E-state index in [2.05, 4.69) is 22.5 Å². The van der Waals surface area contributed by atoms with E-state index in [0.717, 1.165) is 9.75 Å². The maximum Gasteiger partial charge on any atom is 0.319 e. The summed E-state index contributed by atoms with van der Waals surface area (Å²) in [6.45, 7) is 0.795. The summed E-state index contributed by atoms with van der Waals surface area (Å²) in [5.74, 6) is 5.76. The molecule has 0 radical (unpaired) electrons. The molecule has 1 aromatic carbocycles. The summed E-state index contributed by atoms with van der Waals surface area (Å²) in [5.41, 5.74) is 6.01. The highest BCUT2D eigenvalue weighted by molar-refractivity contribution is 7.12. The Hall–Kier alpha value is -2.00. The summed E-state index contributed by atoms with van der Waals surface area (Å²) in [6.07, 6.45) is 0. The van der Waals surface area contributed by atoms with Crippen LogP contribution in [0, 0.1) is 11.8 Å². The van der Waals surface area contributed by atoms with Crippen molar-refractivity contribution in [2.45, 2.75) is 6.54 Å². The van der Waals surface area contributed by atoms with Gasteiger partial charge in [0.05, 0.1) is 18.0 Å². The smallest absolute Gasteiger partial charge is 0.319 e. The highest BCUT2D eigenvalue weighted by Crippen LogP contribution is 2.15. The molecule has 0 aliphatic heterocycles. The lowest BCUT2D eigenvalue weighted by atomic mass is 10.3. The van der Waals surface area contributed by atoms with Gasteiger partial charge in [-0.05, 0) is 36.4 Å². The fourth-order valence-corrected chi connectivity index (χ4v) is 2.50. The van der Waals surface area contributed by atoms with E-state index in [1.165, 1.54) is 11.3 Å². The predicted molar refractivity (Wildman–Crippen MR) is 87.6 cm³/mol. The molecule has 6 heteroatoms. The van der Waals surface area contributed by atoms with E-state index in [4.69, 9.17) is 17.3 Å². The molecule has 0 fully saturated rings. The molecule has 0 aliphatic carbocycles. The molecule has 0 unspecified atom stereocenters. The molecule has 2 amide bonds. The summed E-state index contributed by atoms with van der Waals surface area (Å²) < 4.78 is 0. The Balaban J connectivity index is 1.83. The minimum absolute atomic E-state index is 0.264. The average molecular weight is 320 g/mol. The lowest BCUT2D eigenvalue weighted by Gasteiger charge is -2.06. The second-order valence-electron chi connectivity index (χ2n) is 4.09. The van der Waals surface area contributed by atoms with E-state index >= 15 is 0 Å². The van der Waals surface area contributed by atoms with Crippen LogP contribution in [0.1, 0.15) is 9.75 Å². The lowest BCUT2D eigenvalue weighted by molar-refractivity contribution is 0.252. The van der Waals surface area contributed by atoms with Gasteiger partial charge in [0, 0.05) is 15.6 Å². The van der Waals surface area contributed by atoms with Crippen molar-refractivity contribution in [3.63, 3.8) is 0 Å². The van der Waals surface area contributed by atoms with E-state index in [1.54, 1.807) is 24.3 Å². The first-order valence-electron chi connectivity index (χ1n) is 6.25. The molecule has 4 N–H and O–H groups in total. The van der Waals surface area contributed by atoms with Gasteiger partial charge in [-0.25, -0.2) is 4.79 Å². The van der Waals surface area contributed by atoms with Crippen molar-refractivity contribution in [1.29, 1.82) is 0 Å². The van der Waals surface area contributed by atoms with Crippen LogP contribution in [0.3, 0.4) is 0 Å². The maximum atomic E-state index is 11.8. The van der Waals surface area contributed by atoms with Gasteiger partial charge in [-0.15, -0.1) is 11.3 Å². The van der Waals surface area contributed by atoms with Crippen LogP contribution in [-0.4, -0.2) is 12.6 Å². The van der Waals surface area contributed by atoms with Gasteiger partial charge in [-0.1, -0.05) is 23.4 Å². The molecule has 21 heavy (non-hydrogen) atoms. The van der Waals surface area contributed by atoms with Crippen LogP contribution in [0.4, 0.5) is 10.5 Å². The molecule has 108 valence electrons. The van der Waals surface area contributed by atoms with Gasteiger partial charge < -0.3 is 16.4 Å². The maximum absolute atomic E-state index is 11.8. The third-order valence-electron chi connectivity index (χ3n) is 2.50. The summed E-state index contributed by atoms with van der Waals surface area (Å²) >= 11 is 7.32. The zero-order chi connectivity index (χ0) is 15.1. The van der Waals surface area contributed by atoms with Gasteiger partial charge >= 0.3 is 6.03 Å². The number of urea groups is 1. The zero-order valence-corrected chi connectivity index (χ0v) is 12.7. The molecule has 0 bridgehead atoms. The number of carbonyl (C=O) groups is 1. The average Bonchev–Trinajstić information content (AvgIpc) is 2.93. The SMILES string of the molecule is NCC#Cc1ccc(CNC(=O)Nc2ccc(Cl)cc2)s1. The monoisotopic (exact) mass is 319 g/mol. The van der Waals surface area contributed by atoms with Crippen molar-refractivity contribution in [1.82, 2.24) is 5.32 Å². The van der Waals surface area contributed by atoms with Crippen LogP contribution in [0.5, 0.6) is 0 Å². The van der Waals surface area contributed by atoms with Gasteiger partial charge in [0.2, 0.25) is 0 Å². The first kappa shape index (κ1) is 15.4. The van der Waals surface area contributed by atoms with Crippen molar-refractivity contribution in [2.75, 3.05) is 11.9 Å². The number of carbonyl (C=O) groups excluding carboxylic acids is 1. The number of amides is 2. The summed E-state index contributed by atoms with van der Waals surface area (Å²) in [6, 6.07) is 10.5. The highest BCUT2D eigenvalue weighted by atomic mass is 35.5. The van der Waals surface area contributed by atoms with E-state index in [9.17, 15) is 4.79 Å². The van der Waals surface area contributed by atoms with E-state index in [-0.39, 0.29) is 6.03 Å². The Kier molecular flexibility index (Phi) is 5.64. The Morgan fingerprint density at radius 3 is 2.71 bits per heavy atom. The molecule has 0 spiro atoms. The number of benzene rings is 1. The van der Waals surface area contributed by atoms with Crippen molar-refractivity contribution in [2.24, 2.45) is 5.73 Å². The van der Waals surface area contributed by atoms with Crippen molar-refractivity contribution < 1.29 is 4.79 Å². The molecule has 0 saturated heterocycles. The van der Waals surface area contributed by atoms with Gasteiger partial charge in [0.15, 0.2) is 0 Å². The van der Waals surface area contributed by atoms with Crippen LogP contribution in [0.15, 0.2) is 36.4 Å². The van der Waals surface area contributed by atoms with Gasteiger partial charge in [0.25, 0.3) is 0 Å². The molecule has 1 aromatic heterocycles. The number of halogens is 1. The van der Waals surface area contributed by atoms with Crippen LogP contribution in [0.2, 0.25) is 5.02 Å². The minimum Gasteiger partial charge on any atom is -0.333 e. The largest absolute Gasteiger partial charge is 0.333 e. The number of thiophene rings is 1. The third-order valence-corrected chi connectivity index (χ3v) is 3.75. The number of hydrogen-bond acceptors (Lipinski definition) is 3. The fraction of sp³-hybridized carbons (Fsp3) is 0.133.